The van der Waals surface area contributed by atoms with Gasteiger partial charge in [0.1, 0.15) is 0 Å². The number of rotatable bonds is 9. The maximum Gasteiger partial charge on any atom is 0.246 e. The summed E-state index contributed by atoms with van der Waals surface area (Å²) in [6.07, 6.45) is 1.04. The average molecular weight is 338 g/mol. The van der Waals surface area contributed by atoms with Crippen LogP contribution in [0.3, 0.4) is 0 Å². The highest BCUT2D eigenvalue weighted by atomic mass is 32.3. The van der Waals surface area contributed by atoms with Crippen LogP contribution in [0.25, 0.3) is 0 Å². The van der Waals surface area contributed by atoms with Gasteiger partial charge in [0.25, 0.3) is 0 Å². The second kappa shape index (κ2) is 11.6. The molecule has 22 heavy (non-hydrogen) atoms. The zero-order valence-corrected chi connectivity index (χ0v) is 15.2. The van der Waals surface area contributed by atoms with E-state index in [0.29, 0.717) is 5.57 Å². The Kier molecular flexibility index (Phi) is 12.3. The first-order valence-electron chi connectivity index (χ1n) is 7.37. The summed E-state index contributed by atoms with van der Waals surface area (Å²) in [4.78, 5) is 11.3. The lowest BCUT2D eigenvalue weighted by atomic mass is 10.2. The molecule has 0 radical (unpaired) electrons. The van der Waals surface area contributed by atoms with Crippen LogP contribution in [0, 0.1) is 0 Å². The molecule has 0 fully saturated rings. The van der Waals surface area contributed by atoms with Crippen LogP contribution in [0.15, 0.2) is 12.2 Å². The van der Waals surface area contributed by atoms with Crippen LogP contribution >= 0.6 is 0 Å². The summed E-state index contributed by atoms with van der Waals surface area (Å²) in [5.41, 5.74) is 0.585. The highest BCUT2D eigenvalue weighted by molar-refractivity contribution is 7.80. The summed E-state index contributed by atoms with van der Waals surface area (Å²) in [6.45, 7) is 17.5. The molecule has 0 rings (SSSR count). The summed E-state index contributed by atoms with van der Waals surface area (Å²) in [7, 11) is -3.60. The Bertz CT molecular complexity index is 422. The van der Waals surface area contributed by atoms with Gasteiger partial charge in [-0.1, -0.05) is 6.58 Å². The molecule has 132 valence electrons. The van der Waals surface area contributed by atoms with E-state index in [-0.39, 0.29) is 5.91 Å². The van der Waals surface area contributed by atoms with Crippen LogP contribution in [-0.2, 0) is 19.4 Å². The summed E-state index contributed by atoms with van der Waals surface area (Å²) in [5, 5.41) is 2.88. The molecule has 8 heteroatoms. The normalized spacial score (nSPS) is 11.4. The van der Waals surface area contributed by atoms with Crippen molar-refractivity contribution < 1.29 is 26.4 Å². The van der Waals surface area contributed by atoms with Crippen LogP contribution in [0.5, 0.6) is 0 Å². The van der Waals surface area contributed by atoms with Crippen molar-refractivity contribution >= 4 is 16.3 Å². The molecule has 0 atom stereocenters. The highest BCUT2D eigenvalue weighted by Crippen LogP contribution is 2.06. The number of nitrogens with one attached hydrogen (secondary N) is 1. The van der Waals surface area contributed by atoms with E-state index in [1.54, 1.807) is 6.92 Å². The number of hydrogen-bond acceptors (Lipinski definition) is 5. The van der Waals surface area contributed by atoms with E-state index >= 15 is 0 Å². The third-order valence-corrected chi connectivity index (χ3v) is 4.11. The van der Waals surface area contributed by atoms with E-state index in [1.165, 1.54) is 19.6 Å². The lowest BCUT2D eigenvalue weighted by Gasteiger charge is -2.35. The maximum absolute atomic E-state index is 11.3. The molecule has 0 aliphatic rings. The first-order chi connectivity index (χ1) is 10.1. The molecule has 0 bridgehead atoms. The predicted molar refractivity (Wildman–Crippen MR) is 85.9 cm³/mol. The Labute approximate surface area is 134 Å². The minimum Gasteiger partial charge on any atom is -0.726 e. The molecule has 0 aliphatic carbocycles. The second-order valence-corrected chi connectivity index (χ2v) is 6.13. The molecule has 0 aromatic heterocycles. The van der Waals surface area contributed by atoms with Gasteiger partial charge in [0.15, 0.2) is 0 Å². The van der Waals surface area contributed by atoms with Crippen LogP contribution < -0.4 is 5.32 Å². The standard InChI is InChI=1S/C13H26N2O.CH4O4S/c1-6-15(7-2,8-3)11-9-10-14-13(16)12(4)5;1-5-6(2,3)4/h4,6-11H2,1-3,5H3;1H3,(H,2,3,4). The molecule has 0 aromatic rings. The predicted octanol–water partition coefficient (Wildman–Crippen LogP) is 1.04. The van der Waals surface area contributed by atoms with Gasteiger partial charge in [-0.2, -0.15) is 0 Å². The first kappa shape index (κ1) is 23.3. The van der Waals surface area contributed by atoms with Gasteiger partial charge < -0.3 is 14.4 Å². The van der Waals surface area contributed by atoms with Gasteiger partial charge >= 0.3 is 0 Å². The van der Waals surface area contributed by atoms with E-state index in [1.807, 2.05) is 0 Å². The van der Waals surface area contributed by atoms with Crippen molar-refractivity contribution in [3.8, 4) is 0 Å². The van der Waals surface area contributed by atoms with Gasteiger partial charge in [0, 0.05) is 18.5 Å². The SMILES string of the molecule is C=C(C)C(=O)NCCC[N+](CC)(CC)CC.COS(=O)(=O)[O-]. The molecule has 1 N–H and O–H groups in total. The van der Waals surface area contributed by atoms with Gasteiger partial charge in [0.05, 0.1) is 33.3 Å². The maximum atomic E-state index is 11.3. The average Bonchev–Trinajstić information content (AvgIpc) is 2.47. The van der Waals surface area contributed by atoms with Crippen LogP contribution in [-0.4, -0.2) is 63.2 Å². The van der Waals surface area contributed by atoms with E-state index in [2.05, 4.69) is 36.9 Å². The lowest BCUT2D eigenvalue weighted by molar-refractivity contribution is -0.923. The van der Waals surface area contributed by atoms with Gasteiger partial charge in [-0.05, 0) is 27.7 Å². The van der Waals surface area contributed by atoms with Crippen molar-refractivity contribution in [1.29, 1.82) is 0 Å². The van der Waals surface area contributed by atoms with Crippen molar-refractivity contribution in [3.63, 3.8) is 0 Å². The fourth-order valence-corrected chi connectivity index (χ4v) is 1.91. The Balaban J connectivity index is 0. The van der Waals surface area contributed by atoms with Crippen molar-refractivity contribution in [1.82, 2.24) is 5.32 Å². The van der Waals surface area contributed by atoms with E-state index in [0.717, 1.165) is 31.1 Å². The fraction of sp³-hybridized carbons (Fsp3) is 0.786. The number of quaternary nitrogens is 1. The summed E-state index contributed by atoms with van der Waals surface area (Å²) in [6, 6.07) is 0. The third kappa shape index (κ3) is 11.7. The second-order valence-electron chi connectivity index (χ2n) is 4.98. The molecule has 0 saturated carbocycles. The van der Waals surface area contributed by atoms with Crippen molar-refractivity contribution in [2.45, 2.75) is 34.1 Å². The molecular weight excluding hydrogens is 308 g/mol. The van der Waals surface area contributed by atoms with E-state index in [4.69, 9.17) is 0 Å². The monoisotopic (exact) mass is 338 g/mol. The molecule has 0 saturated heterocycles. The molecular formula is C14H30N2O5S. The Morgan fingerprint density at radius 1 is 1.23 bits per heavy atom. The minimum atomic E-state index is -4.41. The Morgan fingerprint density at radius 2 is 1.64 bits per heavy atom. The number of carbonyl (C=O) groups excluding carboxylic acids is 1. The topological polar surface area (TPSA) is 95.5 Å². The summed E-state index contributed by atoms with van der Waals surface area (Å²) in [5.74, 6) is -0.0254. The van der Waals surface area contributed by atoms with Crippen LogP contribution in [0.1, 0.15) is 34.1 Å². The van der Waals surface area contributed by atoms with E-state index in [9.17, 15) is 17.8 Å². The highest BCUT2D eigenvalue weighted by Gasteiger charge is 2.19. The first-order valence-corrected chi connectivity index (χ1v) is 8.71. The van der Waals surface area contributed by atoms with Crippen molar-refractivity contribution in [2.75, 3.05) is 39.8 Å². The number of carbonyl (C=O) groups is 1. The Hall–Kier alpha value is -0.960. The van der Waals surface area contributed by atoms with Gasteiger partial charge in [-0.15, -0.1) is 0 Å². The Morgan fingerprint density at radius 3 is 1.91 bits per heavy atom. The van der Waals surface area contributed by atoms with Gasteiger partial charge in [0.2, 0.25) is 16.3 Å². The molecule has 7 nitrogen and oxygen atoms in total. The zero-order valence-electron chi connectivity index (χ0n) is 14.3. The number of nitrogens with zero attached hydrogens (tertiary/aromatic N) is 1. The van der Waals surface area contributed by atoms with Crippen LogP contribution in [0.4, 0.5) is 0 Å². The quantitative estimate of drug-likeness (QED) is 0.223. The van der Waals surface area contributed by atoms with Gasteiger partial charge in [-0.3, -0.25) is 8.98 Å². The number of amides is 1. The summed E-state index contributed by atoms with van der Waals surface area (Å²) < 4.78 is 32.2. The molecule has 0 unspecified atom stereocenters. The molecule has 0 spiro atoms. The molecule has 0 aromatic carbocycles. The smallest absolute Gasteiger partial charge is 0.246 e. The molecule has 0 aliphatic heterocycles. The van der Waals surface area contributed by atoms with Gasteiger partial charge in [-0.25, -0.2) is 8.42 Å². The molecule has 0 heterocycles. The largest absolute Gasteiger partial charge is 0.726 e. The van der Waals surface area contributed by atoms with E-state index < -0.39 is 10.4 Å². The number of hydrogen-bond donors (Lipinski definition) is 1. The third-order valence-electron chi connectivity index (χ3n) is 3.70. The fourth-order valence-electron chi connectivity index (χ4n) is 1.91. The molecule has 1 amide bonds. The zero-order chi connectivity index (χ0) is 17.8. The van der Waals surface area contributed by atoms with Crippen LogP contribution in [0.2, 0.25) is 0 Å². The van der Waals surface area contributed by atoms with Crippen molar-refractivity contribution in [2.24, 2.45) is 0 Å². The minimum absolute atomic E-state index is 0.0254. The lowest BCUT2D eigenvalue weighted by Crippen LogP contribution is -2.48. The van der Waals surface area contributed by atoms with Crippen molar-refractivity contribution in [3.05, 3.63) is 12.2 Å². The summed E-state index contributed by atoms with van der Waals surface area (Å²) >= 11 is 0.